The van der Waals surface area contributed by atoms with E-state index in [1.54, 1.807) is 17.0 Å². The fraction of sp³-hybridized carbons (Fsp3) is 0.375. The van der Waals surface area contributed by atoms with E-state index < -0.39 is 4.92 Å². The fourth-order valence-electron chi connectivity index (χ4n) is 4.53. The van der Waals surface area contributed by atoms with Crippen molar-refractivity contribution in [1.82, 2.24) is 19.9 Å². The maximum absolute atomic E-state index is 13.1. The van der Waals surface area contributed by atoms with Gasteiger partial charge in [-0.15, -0.1) is 0 Å². The summed E-state index contributed by atoms with van der Waals surface area (Å²) in [5.74, 6) is 0.912. The van der Waals surface area contributed by atoms with Crippen LogP contribution in [0.1, 0.15) is 29.1 Å². The van der Waals surface area contributed by atoms with Crippen molar-refractivity contribution in [2.75, 3.05) is 44.2 Å². The zero-order chi connectivity index (χ0) is 23.5. The van der Waals surface area contributed by atoms with Crippen LogP contribution in [0.25, 0.3) is 11.4 Å². The first-order valence-electron chi connectivity index (χ1n) is 11.5. The lowest BCUT2D eigenvalue weighted by Crippen LogP contribution is -2.48. The molecule has 0 bridgehead atoms. The molecular formula is C24H26N6O4. The molecule has 2 aromatic carbocycles. The number of carbonyl (C=O) groups excluding carboxylic acids is 1. The van der Waals surface area contributed by atoms with Gasteiger partial charge in [-0.05, 0) is 25.0 Å². The van der Waals surface area contributed by atoms with Crippen molar-refractivity contribution < 1.29 is 14.2 Å². The Morgan fingerprint density at radius 3 is 2.44 bits per heavy atom. The first-order valence-corrected chi connectivity index (χ1v) is 11.5. The normalized spacial score (nSPS) is 16.7. The third kappa shape index (κ3) is 4.62. The van der Waals surface area contributed by atoms with Gasteiger partial charge >= 0.3 is 0 Å². The number of hydrogen-bond acceptors (Lipinski definition) is 8. The molecule has 0 N–H and O–H groups in total. The van der Waals surface area contributed by atoms with Gasteiger partial charge in [-0.25, -0.2) is 0 Å². The minimum Gasteiger partial charge on any atom is -0.366 e. The quantitative estimate of drug-likeness (QED) is 0.406. The summed E-state index contributed by atoms with van der Waals surface area (Å²) >= 11 is 0. The zero-order valence-electron chi connectivity index (χ0n) is 18.8. The number of nitrogens with zero attached hydrogens (tertiary/aromatic N) is 6. The Hall–Kier alpha value is -3.79. The number of rotatable bonds is 6. The Morgan fingerprint density at radius 2 is 1.74 bits per heavy atom. The first-order chi connectivity index (χ1) is 16.6. The van der Waals surface area contributed by atoms with Crippen molar-refractivity contribution in [3.8, 4) is 11.4 Å². The standard InChI is InChI=1S/C24H26N6O4/c31-24(19-8-9-20(21(16-19)30(32)33)28-10-4-5-11-28)29-14-12-27(13-15-29)17-22-25-23(26-34-22)18-6-2-1-3-7-18/h1-3,6-9,16H,4-5,10-15,17H2. The topological polar surface area (TPSA) is 109 Å². The molecule has 3 heterocycles. The van der Waals surface area contributed by atoms with Crippen LogP contribution in [0.4, 0.5) is 11.4 Å². The molecule has 0 radical (unpaired) electrons. The van der Waals surface area contributed by atoms with Crippen LogP contribution in [0.3, 0.4) is 0 Å². The lowest BCUT2D eigenvalue weighted by molar-refractivity contribution is -0.384. The Morgan fingerprint density at radius 1 is 1.00 bits per heavy atom. The maximum Gasteiger partial charge on any atom is 0.293 e. The van der Waals surface area contributed by atoms with Crippen LogP contribution in [0.2, 0.25) is 0 Å². The summed E-state index contributed by atoms with van der Waals surface area (Å²) in [5, 5.41) is 15.7. The highest BCUT2D eigenvalue weighted by molar-refractivity contribution is 5.96. The average Bonchev–Trinajstić information content (AvgIpc) is 3.57. The van der Waals surface area contributed by atoms with Gasteiger partial charge in [0.15, 0.2) is 0 Å². The van der Waals surface area contributed by atoms with E-state index in [4.69, 9.17) is 4.52 Å². The molecule has 10 heteroatoms. The Labute approximate surface area is 196 Å². The van der Waals surface area contributed by atoms with Crippen molar-refractivity contribution >= 4 is 17.3 Å². The van der Waals surface area contributed by atoms with Crippen molar-refractivity contribution in [2.45, 2.75) is 19.4 Å². The Balaban J connectivity index is 1.20. The lowest BCUT2D eigenvalue weighted by atomic mass is 10.1. The predicted molar refractivity (Wildman–Crippen MR) is 125 cm³/mol. The molecule has 0 saturated carbocycles. The van der Waals surface area contributed by atoms with Gasteiger partial charge in [-0.2, -0.15) is 4.98 Å². The molecular weight excluding hydrogens is 436 g/mol. The lowest BCUT2D eigenvalue weighted by Gasteiger charge is -2.34. The van der Waals surface area contributed by atoms with E-state index in [2.05, 4.69) is 15.0 Å². The SMILES string of the molecule is O=C(c1ccc(N2CCCC2)c([N+](=O)[O-])c1)N1CCN(Cc2nc(-c3ccccc3)no2)CC1. The second-order valence-corrected chi connectivity index (χ2v) is 8.60. The fourth-order valence-corrected chi connectivity index (χ4v) is 4.53. The number of benzene rings is 2. The molecule has 1 amide bonds. The molecule has 2 fully saturated rings. The van der Waals surface area contributed by atoms with E-state index in [-0.39, 0.29) is 11.6 Å². The monoisotopic (exact) mass is 462 g/mol. The van der Waals surface area contributed by atoms with Crippen LogP contribution >= 0.6 is 0 Å². The molecule has 0 spiro atoms. The summed E-state index contributed by atoms with van der Waals surface area (Å²) < 4.78 is 5.40. The van der Waals surface area contributed by atoms with Crippen LogP contribution in [-0.2, 0) is 6.54 Å². The molecule has 0 atom stereocenters. The van der Waals surface area contributed by atoms with Gasteiger partial charge in [-0.3, -0.25) is 19.8 Å². The molecule has 2 saturated heterocycles. The number of carbonyl (C=O) groups is 1. The van der Waals surface area contributed by atoms with Gasteiger partial charge in [0.2, 0.25) is 11.7 Å². The van der Waals surface area contributed by atoms with Crippen molar-refractivity contribution in [1.29, 1.82) is 0 Å². The average molecular weight is 463 g/mol. The van der Waals surface area contributed by atoms with Crippen molar-refractivity contribution in [3.63, 3.8) is 0 Å². The molecule has 34 heavy (non-hydrogen) atoms. The van der Waals surface area contributed by atoms with Crippen LogP contribution in [0, 0.1) is 10.1 Å². The summed E-state index contributed by atoms with van der Waals surface area (Å²) in [6.45, 7) is 4.50. The van der Waals surface area contributed by atoms with Gasteiger partial charge in [0, 0.05) is 56.5 Å². The maximum atomic E-state index is 13.1. The Kier molecular flexibility index (Phi) is 6.22. The highest BCUT2D eigenvalue weighted by Crippen LogP contribution is 2.32. The number of hydrogen-bond donors (Lipinski definition) is 0. The zero-order valence-corrected chi connectivity index (χ0v) is 18.8. The number of nitro benzene ring substituents is 1. The van der Waals surface area contributed by atoms with Gasteiger partial charge in [0.1, 0.15) is 5.69 Å². The van der Waals surface area contributed by atoms with Gasteiger partial charge in [0.25, 0.3) is 11.6 Å². The van der Waals surface area contributed by atoms with E-state index in [0.29, 0.717) is 55.7 Å². The van der Waals surface area contributed by atoms with Gasteiger partial charge in [0.05, 0.1) is 11.5 Å². The van der Waals surface area contributed by atoms with Crippen LogP contribution in [0.15, 0.2) is 53.1 Å². The largest absolute Gasteiger partial charge is 0.366 e. The predicted octanol–water partition coefficient (Wildman–Crippen LogP) is 3.20. The number of nitro groups is 1. The number of amides is 1. The number of piperazine rings is 1. The molecule has 3 aromatic rings. The minimum atomic E-state index is -0.392. The van der Waals surface area contributed by atoms with Crippen molar-refractivity contribution in [3.05, 3.63) is 70.1 Å². The summed E-state index contributed by atoms with van der Waals surface area (Å²) in [5.41, 5.74) is 1.85. The Bertz CT molecular complexity index is 1170. The smallest absolute Gasteiger partial charge is 0.293 e. The van der Waals surface area contributed by atoms with Gasteiger partial charge < -0.3 is 14.3 Å². The highest BCUT2D eigenvalue weighted by Gasteiger charge is 2.27. The highest BCUT2D eigenvalue weighted by atomic mass is 16.6. The molecule has 1 aromatic heterocycles. The summed E-state index contributed by atoms with van der Waals surface area (Å²) in [7, 11) is 0. The second-order valence-electron chi connectivity index (χ2n) is 8.60. The molecule has 0 aliphatic carbocycles. The van der Waals surface area contributed by atoms with E-state index >= 15 is 0 Å². The van der Waals surface area contributed by atoms with E-state index in [1.807, 2.05) is 35.2 Å². The summed E-state index contributed by atoms with van der Waals surface area (Å²) in [6, 6.07) is 14.5. The molecule has 2 aliphatic rings. The van der Waals surface area contributed by atoms with Crippen molar-refractivity contribution in [2.24, 2.45) is 0 Å². The first kappa shape index (κ1) is 22.0. The van der Waals surface area contributed by atoms with Crippen LogP contribution in [-0.4, -0.2) is 70.0 Å². The van der Waals surface area contributed by atoms with E-state index in [9.17, 15) is 14.9 Å². The molecule has 10 nitrogen and oxygen atoms in total. The minimum absolute atomic E-state index is 0.00278. The summed E-state index contributed by atoms with van der Waals surface area (Å²) in [4.78, 5) is 34.7. The van der Waals surface area contributed by atoms with Crippen LogP contribution < -0.4 is 4.90 Å². The van der Waals surface area contributed by atoms with Crippen LogP contribution in [0.5, 0.6) is 0 Å². The van der Waals surface area contributed by atoms with E-state index in [0.717, 1.165) is 31.5 Å². The molecule has 176 valence electrons. The van der Waals surface area contributed by atoms with Gasteiger partial charge in [-0.1, -0.05) is 35.5 Å². The second kappa shape index (κ2) is 9.60. The third-order valence-electron chi connectivity index (χ3n) is 6.38. The third-order valence-corrected chi connectivity index (χ3v) is 6.38. The molecule has 0 unspecified atom stereocenters. The van der Waals surface area contributed by atoms with E-state index in [1.165, 1.54) is 6.07 Å². The number of aromatic nitrogens is 2. The molecule has 2 aliphatic heterocycles. The molecule has 5 rings (SSSR count). The summed E-state index contributed by atoms with van der Waals surface area (Å²) in [6.07, 6.45) is 2.05. The number of anilines is 1.